The van der Waals surface area contributed by atoms with Crippen LogP contribution in [0.5, 0.6) is 0 Å². The van der Waals surface area contributed by atoms with E-state index in [1.165, 1.54) is 4.52 Å². The van der Waals surface area contributed by atoms with Gasteiger partial charge in [0.25, 0.3) is 5.56 Å². The zero-order valence-corrected chi connectivity index (χ0v) is 13.1. The molecule has 0 unspecified atom stereocenters. The fourth-order valence-electron chi connectivity index (χ4n) is 3.09. The highest BCUT2D eigenvalue weighted by Gasteiger charge is 2.12. The summed E-state index contributed by atoms with van der Waals surface area (Å²) < 4.78 is 6.84. The molecule has 5 nitrogen and oxygen atoms in total. The van der Waals surface area contributed by atoms with Gasteiger partial charge in [-0.1, -0.05) is 30.3 Å². The largest absolute Gasteiger partial charge is 0.464 e. The minimum atomic E-state index is -0.144. The first-order valence-corrected chi connectivity index (χ1v) is 7.94. The first kappa shape index (κ1) is 13.8. The Morgan fingerprint density at radius 2 is 1.84 bits per heavy atom. The number of hydrogen-bond acceptors (Lipinski definition) is 3. The smallest absolute Gasteiger partial charge is 0.273 e. The fourth-order valence-corrected chi connectivity index (χ4v) is 3.09. The van der Waals surface area contributed by atoms with Gasteiger partial charge in [0.05, 0.1) is 12.0 Å². The summed E-state index contributed by atoms with van der Waals surface area (Å²) in [5.41, 5.74) is 4.71. The summed E-state index contributed by atoms with van der Waals surface area (Å²) in [6.07, 6.45) is 3.46. The highest BCUT2D eigenvalue weighted by atomic mass is 16.3. The number of fused-ring (bicyclic) bond motifs is 2. The van der Waals surface area contributed by atoms with Gasteiger partial charge < -0.3 is 4.42 Å². The summed E-state index contributed by atoms with van der Waals surface area (Å²) in [4.78, 5) is 17.2. The highest BCUT2D eigenvalue weighted by Crippen LogP contribution is 2.26. The zero-order valence-electron chi connectivity index (χ0n) is 13.1. The number of aromatic nitrogens is 3. The molecule has 0 aliphatic rings. The van der Waals surface area contributed by atoms with E-state index >= 15 is 0 Å². The van der Waals surface area contributed by atoms with E-state index in [2.05, 4.69) is 5.10 Å². The molecule has 0 spiro atoms. The molecule has 5 rings (SSSR count). The highest BCUT2D eigenvalue weighted by molar-refractivity contribution is 5.84. The van der Waals surface area contributed by atoms with Gasteiger partial charge >= 0.3 is 0 Å². The number of hydrogen-bond donors (Lipinski definition) is 1. The van der Waals surface area contributed by atoms with Crippen LogP contribution < -0.4 is 5.56 Å². The lowest BCUT2D eigenvalue weighted by molar-refractivity contribution is 0.616. The molecule has 0 aliphatic heterocycles. The molecule has 1 N–H and O–H groups in total. The van der Waals surface area contributed by atoms with E-state index in [-0.39, 0.29) is 5.56 Å². The standard InChI is InChI=1S/C20H13N3O2/c24-19-11-17(14-6-7-18-15(10-14)8-9-25-18)22-20-16(12-21-23(19)20)13-4-2-1-3-5-13/h1-12,21H. The molecule has 0 saturated heterocycles. The van der Waals surface area contributed by atoms with E-state index in [1.807, 2.05) is 60.8 Å². The lowest BCUT2D eigenvalue weighted by atomic mass is 10.1. The van der Waals surface area contributed by atoms with Crippen LogP contribution in [0.15, 0.2) is 82.3 Å². The summed E-state index contributed by atoms with van der Waals surface area (Å²) in [5, 5.41) is 3.97. The second-order valence-electron chi connectivity index (χ2n) is 5.86. The molecule has 0 radical (unpaired) electrons. The van der Waals surface area contributed by atoms with Crippen LogP contribution in [0.25, 0.3) is 39.0 Å². The molecule has 0 saturated carbocycles. The normalized spacial score (nSPS) is 11.4. The Morgan fingerprint density at radius 3 is 2.72 bits per heavy atom. The molecule has 5 heteroatoms. The minimum Gasteiger partial charge on any atom is -0.464 e. The number of nitrogens with zero attached hydrogens (tertiary/aromatic N) is 2. The second kappa shape index (κ2) is 5.21. The van der Waals surface area contributed by atoms with Gasteiger partial charge in [0, 0.05) is 28.8 Å². The van der Waals surface area contributed by atoms with Crippen LogP contribution in [0.3, 0.4) is 0 Å². The average Bonchev–Trinajstić information content (AvgIpc) is 3.28. The van der Waals surface area contributed by atoms with Crippen molar-refractivity contribution in [3.63, 3.8) is 0 Å². The van der Waals surface area contributed by atoms with E-state index in [1.54, 1.807) is 12.3 Å². The van der Waals surface area contributed by atoms with Gasteiger partial charge in [-0.3, -0.25) is 9.89 Å². The van der Waals surface area contributed by atoms with Gasteiger partial charge in [0.15, 0.2) is 5.65 Å². The van der Waals surface area contributed by atoms with Crippen LogP contribution in [0.1, 0.15) is 0 Å². The number of nitrogens with one attached hydrogen (secondary N) is 1. The minimum absolute atomic E-state index is 0.144. The maximum absolute atomic E-state index is 12.5. The molecule has 0 atom stereocenters. The average molecular weight is 327 g/mol. The molecule has 0 fully saturated rings. The van der Waals surface area contributed by atoms with Gasteiger partial charge in [0.2, 0.25) is 0 Å². The summed E-state index contributed by atoms with van der Waals surface area (Å²) in [6.45, 7) is 0. The van der Waals surface area contributed by atoms with Crippen molar-refractivity contribution in [1.29, 1.82) is 0 Å². The van der Waals surface area contributed by atoms with Crippen LogP contribution in [-0.4, -0.2) is 14.6 Å². The summed E-state index contributed by atoms with van der Waals surface area (Å²) in [6, 6.07) is 19.1. The van der Waals surface area contributed by atoms with Gasteiger partial charge in [-0.2, -0.15) is 0 Å². The third-order valence-electron chi connectivity index (χ3n) is 4.33. The fraction of sp³-hybridized carbons (Fsp3) is 0. The first-order chi connectivity index (χ1) is 12.3. The van der Waals surface area contributed by atoms with Crippen LogP contribution >= 0.6 is 0 Å². The molecule has 0 amide bonds. The molecule has 0 aliphatic carbocycles. The van der Waals surface area contributed by atoms with Gasteiger partial charge in [0.1, 0.15) is 5.58 Å². The third-order valence-corrected chi connectivity index (χ3v) is 4.33. The van der Waals surface area contributed by atoms with Crippen molar-refractivity contribution in [3.05, 3.63) is 83.5 Å². The zero-order chi connectivity index (χ0) is 16.8. The number of furan rings is 1. The summed E-state index contributed by atoms with van der Waals surface area (Å²) >= 11 is 0. The summed E-state index contributed by atoms with van der Waals surface area (Å²) in [7, 11) is 0. The first-order valence-electron chi connectivity index (χ1n) is 7.94. The Bertz CT molecular complexity index is 1260. The number of H-pyrrole nitrogens is 1. The van der Waals surface area contributed by atoms with E-state index in [0.717, 1.165) is 27.7 Å². The van der Waals surface area contributed by atoms with E-state index in [4.69, 9.17) is 9.40 Å². The van der Waals surface area contributed by atoms with Crippen molar-refractivity contribution in [3.8, 4) is 22.4 Å². The van der Waals surface area contributed by atoms with Crippen molar-refractivity contribution in [2.45, 2.75) is 0 Å². The van der Waals surface area contributed by atoms with Crippen molar-refractivity contribution in [1.82, 2.24) is 14.6 Å². The summed E-state index contributed by atoms with van der Waals surface area (Å²) in [5.74, 6) is 0. The maximum atomic E-state index is 12.5. The lowest BCUT2D eigenvalue weighted by Crippen LogP contribution is -2.14. The monoisotopic (exact) mass is 327 g/mol. The van der Waals surface area contributed by atoms with Crippen LogP contribution in [0.2, 0.25) is 0 Å². The number of rotatable bonds is 2. The van der Waals surface area contributed by atoms with Crippen LogP contribution in [0.4, 0.5) is 0 Å². The molecule has 5 aromatic rings. The molecular weight excluding hydrogens is 314 g/mol. The molecular formula is C20H13N3O2. The topological polar surface area (TPSA) is 63.3 Å². The van der Waals surface area contributed by atoms with Gasteiger partial charge in [-0.05, 0) is 29.8 Å². The van der Waals surface area contributed by atoms with Gasteiger partial charge in [-0.15, -0.1) is 0 Å². The molecule has 2 aromatic carbocycles. The molecule has 3 aromatic heterocycles. The number of benzene rings is 2. The Hall–Kier alpha value is -3.60. The Labute approximate surface area is 142 Å². The SMILES string of the molecule is O=c1cc(-c2ccc3occc3c2)nc2c(-c3ccccc3)c[nH]n12. The second-order valence-corrected chi connectivity index (χ2v) is 5.86. The van der Waals surface area contributed by atoms with E-state index in [0.29, 0.717) is 11.3 Å². The van der Waals surface area contributed by atoms with Gasteiger partial charge in [-0.25, -0.2) is 9.50 Å². The van der Waals surface area contributed by atoms with Crippen LogP contribution in [-0.2, 0) is 0 Å². The predicted octanol–water partition coefficient (Wildman–Crippen LogP) is 4.10. The number of aromatic amines is 1. The van der Waals surface area contributed by atoms with Crippen LogP contribution in [0, 0.1) is 0 Å². The Balaban J connectivity index is 1.75. The van der Waals surface area contributed by atoms with Crippen molar-refractivity contribution >= 4 is 16.6 Å². The van der Waals surface area contributed by atoms with Crippen molar-refractivity contribution < 1.29 is 4.42 Å². The molecule has 120 valence electrons. The third kappa shape index (κ3) is 2.17. The molecule has 3 heterocycles. The predicted molar refractivity (Wildman–Crippen MR) is 96.5 cm³/mol. The quantitative estimate of drug-likeness (QED) is 0.531. The molecule has 0 bridgehead atoms. The lowest BCUT2D eigenvalue weighted by Gasteiger charge is -2.03. The Morgan fingerprint density at radius 1 is 0.960 bits per heavy atom. The van der Waals surface area contributed by atoms with Crippen molar-refractivity contribution in [2.24, 2.45) is 0 Å². The van der Waals surface area contributed by atoms with E-state index < -0.39 is 0 Å². The Kier molecular flexibility index (Phi) is 2.87. The maximum Gasteiger partial charge on any atom is 0.273 e. The van der Waals surface area contributed by atoms with E-state index in [9.17, 15) is 4.79 Å². The molecule has 25 heavy (non-hydrogen) atoms. The van der Waals surface area contributed by atoms with Crippen molar-refractivity contribution in [2.75, 3.05) is 0 Å².